The molecular weight excluding hydrogens is 338 g/mol. The van der Waals surface area contributed by atoms with Gasteiger partial charge in [0.2, 0.25) is 0 Å². The Bertz CT molecular complexity index is 784. The number of amides is 1. The van der Waals surface area contributed by atoms with Crippen LogP contribution >= 0.6 is 0 Å². The summed E-state index contributed by atoms with van der Waals surface area (Å²) in [5.41, 5.74) is 1.42. The number of rotatable bonds is 3. The maximum absolute atomic E-state index is 12.1. The van der Waals surface area contributed by atoms with Gasteiger partial charge in [0.25, 0.3) is 0 Å². The zero-order chi connectivity index (χ0) is 18.7. The van der Waals surface area contributed by atoms with Crippen LogP contribution in [0.5, 0.6) is 0 Å². The van der Waals surface area contributed by atoms with Gasteiger partial charge < -0.3 is 4.74 Å². The van der Waals surface area contributed by atoms with E-state index in [2.05, 4.69) is 0 Å². The second-order valence-electron chi connectivity index (χ2n) is 7.16. The molecule has 0 unspecified atom stereocenters. The van der Waals surface area contributed by atoms with Crippen molar-refractivity contribution < 1.29 is 17.9 Å². The quantitative estimate of drug-likeness (QED) is 0.814. The summed E-state index contributed by atoms with van der Waals surface area (Å²) in [4.78, 5) is 14.0. The fourth-order valence-corrected chi connectivity index (χ4v) is 3.03. The van der Waals surface area contributed by atoms with Crippen molar-refractivity contribution >= 4 is 22.0 Å². The molecule has 25 heavy (non-hydrogen) atoms. The van der Waals surface area contributed by atoms with Crippen LogP contribution in [0.3, 0.4) is 0 Å². The number of ether oxygens (including phenoxy) is 1. The largest absolute Gasteiger partial charge is 0.443 e. The van der Waals surface area contributed by atoms with Gasteiger partial charge in [-0.05, 0) is 56.9 Å². The number of nitrogens with zero attached hydrogens (tertiary/aromatic N) is 1. The Hall–Kier alpha value is -2.08. The Balaban J connectivity index is 2.08. The maximum atomic E-state index is 12.1. The van der Waals surface area contributed by atoms with Gasteiger partial charge in [-0.15, -0.1) is 0 Å². The minimum atomic E-state index is -3.18. The van der Waals surface area contributed by atoms with Gasteiger partial charge in [0, 0.05) is 19.0 Å². The second-order valence-corrected chi connectivity index (χ2v) is 9.17. The van der Waals surface area contributed by atoms with Crippen molar-refractivity contribution in [3.05, 3.63) is 47.7 Å². The van der Waals surface area contributed by atoms with Crippen molar-refractivity contribution in [2.45, 2.75) is 44.1 Å². The third kappa shape index (κ3) is 6.05. The molecule has 1 aromatic rings. The molecule has 1 aliphatic rings. The van der Waals surface area contributed by atoms with Gasteiger partial charge in [0.1, 0.15) is 5.60 Å². The van der Waals surface area contributed by atoms with Gasteiger partial charge in [0.05, 0.1) is 4.90 Å². The number of sulfone groups is 1. The molecule has 0 bridgehead atoms. The maximum Gasteiger partial charge on any atom is 0.414 e. The van der Waals surface area contributed by atoms with Crippen LogP contribution in [0.15, 0.2) is 47.0 Å². The lowest BCUT2D eigenvalue weighted by Gasteiger charge is -2.28. The number of carbonyl (C=O) groups is 1. The molecule has 0 saturated carbocycles. The predicted molar refractivity (Wildman–Crippen MR) is 98.8 cm³/mol. The topological polar surface area (TPSA) is 63.7 Å². The normalized spacial score (nSPS) is 16.0. The zero-order valence-corrected chi connectivity index (χ0v) is 16.0. The highest BCUT2D eigenvalue weighted by Gasteiger charge is 2.22. The smallest absolute Gasteiger partial charge is 0.414 e. The van der Waals surface area contributed by atoms with Crippen LogP contribution in [0.1, 0.15) is 39.2 Å². The summed E-state index contributed by atoms with van der Waals surface area (Å²) in [6, 6.07) is 6.72. The van der Waals surface area contributed by atoms with E-state index < -0.39 is 15.4 Å². The summed E-state index contributed by atoms with van der Waals surface area (Å²) in [6.45, 7) is 6.19. The molecule has 0 aliphatic carbocycles. The van der Waals surface area contributed by atoms with Crippen LogP contribution in [-0.2, 0) is 14.6 Å². The highest BCUT2D eigenvalue weighted by atomic mass is 32.2. The van der Waals surface area contributed by atoms with E-state index in [0.29, 0.717) is 11.4 Å². The Morgan fingerprint density at radius 1 is 1.16 bits per heavy atom. The van der Waals surface area contributed by atoms with Gasteiger partial charge in [-0.3, -0.25) is 4.90 Å². The van der Waals surface area contributed by atoms with Gasteiger partial charge in [-0.1, -0.05) is 24.3 Å². The molecule has 1 amide bonds. The van der Waals surface area contributed by atoms with E-state index in [1.165, 1.54) is 6.26 Å². The lowest BCUT2D eigenvalue weighted by molar-refractivity contribution is 0.0325. The van der Waals surface area contributed by atoms with Gasteiger partial charge >= 0.3 is 6.09 Å². The van der Waals surface area contributed by atoms with Crippen LogP contribution in [-0.4, -0.2) is 37.8 Å². The number of hydrogen-bond acceptors (Lipinski definition) is 4. The Kier molecular flexibility index (Phi) is 5.72. The van der Waals surface area contributed by atoms with E-state index in [1.807, 2.05) is 39.1 Å². The average Bonchev–Trinajstić information content (AvgIpc) is 2.51. The van der Waals surface area contributed by atoms with Gasteiger partial charge in [-0.2, -0.15) is 0 Å². The van der Waals surface area contributed by atoms with Crippen LogP contribution < -0.4 is 0 Å². The molecule has 0 saturated heterocycles. The molecular formula is C19H25NO4S. The monoisotopic (exact) mass is 363 g/mol. The SMILES string of the molecule is CC(C)(C)OC(=O)N1C=C(/C=C/c2ccc(S(C)(=O)=O)cc2)CCC1. The summed E-state index contributed by atoms with van der Waals surface area (Å²) in [7, 11) is -3.18. The van der Waals surface area contributed by atoms with Crippen LogP contribution in [0.4, 0.5) is 4.79 Å². The third-order valence-corrected chi connectivity index (χ3v) is 4.74. The molecule has 0 spiro atoms. The number of carbonyl (C=O) groups excluding carboxylic acids is 1. The molecule has 0 N–H and O–H groups in total. The average molecular weight is 363 g/mol. The van der Waals surface area contributed by atoms with Crippen molar-refractivity contribution in [3.8, 4) is 0 Å². The van der Waals surface area contributed by atoms with Crippen molar-refractivity contribution in [1.29, 1.82) is 0 Å². The predicted octanol–water partition coefficient (Wildman–Crippen LogP) is 4.02. The molecule has 1 aliphatic heterocycles. The second kappa shape index (κ2) is 7.44. The highest BCUT2D eigenvalue weighted by Crippen LogP contribution is 2.20. The fraction of sp³-hybridized carbons (Fsp3) is 0.421. The lowest BCUT2D eigenvalue weighted by atomic mass is 10.1. The van der Waals surface area contributed by atoms with Crippen LogP contribution in [0.2, 0.25) is 0 Å². The number of benzene rings is 1. The van der Waals surface area contributed by atoms with E-state index >= 15 is 0 Å². The summed E-state index contributed by atoms with van der Waals surface area (Å²) >= 11 is 0. The van der Waals surface area contributed by atoms with Gasteiger partial charge in [-0.25, -0.2) is 13.2 Å². The molecule has 0 atom stereocenters. The first-order chi connectivity index (χ1) is 11.5. The van der Waals surface area contributed by atoms with Crippen molar-refractivity contribution in [3.63, 3.8) is 0 Å². The van der Waals surface area contributed by atoms with Crippen molar-refractivity contribution in [1.82, 2.24) is 4.90 Å². The summed E-state index contributed by atoms with van der Waals surface area (Å²) in [5, 5.41) is 0. The molecule has 0 radical (unpaired) electrons. The molecule has 0 aromatic heterocycles. The third-order valence-electron chi connectivity index (χ3n) is 3.61. The molecule has 0 fully saturated rings. The minimum absolute atomic E-state index is 0.303. The first-order valence-corrected chi connectivity index (χ1v) is 10.1. The molecule has 5 nitrogen and oxygen atoms in total. The Morgan fingerprint density at radius 3 is 2.36 bits per heavy atom. The highest BCUT2D eigenvalue weighted by molar-refractivity contribution is 7.90. The van der Waals surface area contributed by atoms with E-state index in [4.69, 9.17) is 4.74 Å². The van der Waals surface area contributed by atoms with E-state index in [-0.39, 0.29) is 6.09 Å². The zero-order valence-electron chi connectivity index (χ0n) is 15.2. The lowest BCUT2D eigenvalue weighted by Crippen LogP contribution is -2.35. The van der Waals surface area contributed by atoms with Crippen LogP contribution in [0, 0.1) is 0 Å². The summed E-state index contributed by atoms with van der Waals surface area (Å²) < 4.78 is 28.3. The molecule has 1 heterocycles. The summed E-state index contributed by atoms with van der Waals surface area (Å²) in [5.74, 6) is 0. The Morgan fingerprint density at radius 2 is 1.80 bits per heavy atom. The molecule has 136 valence electrons. The van der Waals surface area contributed by atoms with Crippen molar-refractivity contribution in [2.75, 3.05) is 12.8 Å². The molecule has 6 heteroatoms. The Labute approximate surface area is 149 Å². The first-order valence-electron chi connectivity index (χ1n) is 8.23. The van der Waals surface area contributed by atoms with E-state index in [1.54, 1.807) is 29.2 Å². The van der Waals surface area contributed by atoms with Crippen LogP contribution in [0.25, 0.3) is 6.08 Å². The van der Waals surface area contributed by atoms with E-state index in [0.717, 1.165) is 24.0 Å². The molecule has 2 rings (SSSR count). The molecule has 1 aromatic carbocycles. The minimum Gasteiger partial charge on any atom is -0.443 e. The van der Waals surface area contributed by atoms with Crippen molar-refractivity contribution in [2.24, 2.45) is 0 Å². The standard InChI is InChI=1S/C19H25NO4S/c1-19(2,3)24-18(21)20-13-5-6-16(14-20)8-7-15-9-11-17(12-10-15)25(4,22)23/h7-12,14H,5-6,13H2,1-4H3/b8-7+. The number of allylic oxidation sites excluding steroid dienone is 2. The summed E-state index contributed by atoms with van der Waals surface area (Å²) in [6.07, 6.45) is 8.30. The number of hydrogen-bond donors (Lipinski definition) is 0. The first kappa shape index (κ1) is 19.2. The fourth-order valence-electron chi connectivity index (χ4n) is 2.40. The van der Waals surface area contributed by atoms with E-state index in [9.17, 15) is 13.2 Å². The van der Waals surface area contributed by atoms with Gasteiger partial charge in [0.15, 0.2) is 9.84 Å².